The molecule has 0 aliphatic carbocycles. The maximum absolute atomic E-state index is 4.72. The van der Waals surface area contributed by atoms with Gasteiger partial charge in [0.15, 0.2) is 0 Å². The molecule has 0 amide bonds. The molecule has 0 aromatic heterocycles. The van der Waals surface area contributed by atoms with Crippen molar-refractivity contribution in [2.24, 2.45) is 10.4 Å². The van der Waals surface area contributed by atoms with Crippen LogP contribution in [0.2, 0.25) is 0 Å². The standard InChI is InChI=1S/C10H22N2O/c1-9(12-13-5)11-8-6-7-10(2,3)4/h6-8H2,1-5H3,(H,11,12). The van der Waals surface area contributed by atoms with E-state index in [2.05, 4.69) is 31.2 Å². The zero-order valence-electron chi connectivity index (χ0n) is 9.48. The number of rotatable bonds is 4. The quantitative estimate of drug-likeness (QED) is 0.316. The lowest BCUT2D eigenvalue weighted by molar-refractivity contribution is 0.143. The van der Waals surface area contributed by atoms with Gasteiger partial charge in [0.1, 0.15) is 5.84 Å². The summed E-state index contributed by atoms with van der Waals surface area (Å²) in [4.78, 5) is 9.02. The first kappa shape index (κ1) is 12.4. The van der Waals surface area contributed by atoms with E-state index in [1.807, 2.05) is 6.92 Å². The summed E-state index contributed by atoms with van der Waals surface area (Å²) in [5, 5.41) is 0. The highest BCUT2D eigenvalue weighted by molar-refractivity contribution is 5.78. The Bertz CT molecular complexity index is 159. The third-order valence-corrected chi connectivity index (χ3v) is 1.68. The molecule has 0 saturated carbocycles. The van der Waals surface area contributed by atoms with Crippen LogP contribution in [-0.2, 0) is 4.84 Å². The second kappa shape index (κ2) is 5.97. The van der Waals surface area contributed by atoms with Gasteiger partial charge < -0.3 is 0 Å². The van der Waals surface area contributed by atoms with E-state index < -0.39 is 0 Å². The zero-order valence-corrected chi connectivity index (χ0v) is 9.48. The van der Waals surface area contributed by atoms with Crippen molar-refractivity contribution in [1.29, 1.82) is 0 Å². The highest BCUT2D eigenvalue weighted by Crippen LogP contribution is 2.20. The van der Waals surface area contributed by atoms with Gasteiger partial charge in [-0.15, -0.1) is 0 Å². The van der Waals surface area contributed by atoms with E-state index in [1.165, 1.54) is 6.42 Å². The minimum Gasteiger partial charge on any atom is -0.278 e. The Labute approximate surface area is 81.5 Å². The smallest absolute Gasteiger partial charge is 0.117 e. The van der Waals surface area contributed by atoms with Gasteiger partial charge in [-0.1, -0.05) is 20.8 Å². The molecule has 0 fully saturated rings. The van der Waals surface area contributed by atoms with Crippen molar-refractivity contribution in [2.75, 3.05) is 13.7 Å². The number of aliphatic imine (C=N–C) groups is 1. The molecule has 0 aliphatic heterocycles. The van der Waals surface area contributed by atoms with E-state index in [0.717, 1.165) is 18.8 Å². The van der Waals surface area contributed by atoms with Crippen molar-refractivity contribution in [2.45, 2.75) is 40.5 Å². The van der Waals surface area contributed by atoms with Crippen molar-refractivity contribution in [3.63, 3.8) is 0 Å². The van der Waals surface area contributed by atoms with Gasteiger partial charge in [-0.05, 0) is 25.2 Å². The fourth-order valence-electron chi connectivity index (χ4n) is 1.04. The van der Waals surface area contributed by atoms with Gasteiger partial charge >= 0.3 is 0 Å². The predicted molar refractivity (Wildman–Crippen MR) is 56.8 cm³/mol. The van der Waals surface area contributed by atoms with Crippen molar-refractivity contribution in [3.8, 4) is 0 Å². The van der Waals surface area contributed by atoms with Gasteiger partial charge in [-0.3, -0.25) is 15.3 Å². The lowest BCUT2D eigenvalue weighted by atomic mass is 9.91. The molecule has 3 nitrogen and oxygen atoms in total. The molecule has 78 valence electrons. The molecule has 0 heterocycles. The molecular formula is C10H22N2O. The van der Waals surface area contributed by atoms with Gasteiger partial charge in [0.25, 0.3) is 0 Å². The zero-order chi connectivity index (χ0) is 10.3. The number of hydroxylamine groups is 1. The number of hydrogen-bond acceptors (Lipinski definition) is 2. The van der Waals surface area contributed by atoms with Crippen LogP contribution < -0.4 is 5.48 Å². The van der Waals surface area contributed by atoms with Gasteiger partial charge in [0.2, 0.25) is 0 Å². The molecule has 0 saturated heterocycles. The summed E-state index contributed by atoms with van der Waals surface area (Å²) in [5.74, 6) is 0.844. The Morgan fingerprint density at radius 2 is 2.00 bits per heavy atom. The van der Waals surface area contributed by atoms with Gasteiger partial charge in [-0.2, -0.15) is 0 Å². The molecule has 13 heavy (non-hydrogen) atoms. The molecule has 0 unspecified atom stereocenters. The number of nitrogens with one attached hydrogen (secondary N) is 1. The lowest BCUT2D eigenvalue weighted by Crippen LogP contribution is -2.18. The maximum Gasteiger partial charge on any atom is 0.117 e. The fourth-order valence-corrected chi connectivity index (χ4v) is 1.04. The Balaban J connectivity index is 3.50. The van der Waals surface area contributed by atoms with Crippen LogP contribution in [0.25, 0.3) is 0 Å². The summed E-state index contributed by atoms with van der Waals surface area (Å²) in [6.07, 6.45) is 2.34. The maximum atomic E-state index is 4.72. The number of nitrogens with zero attached hydrogens (tertiary/aromatic N) is 1. The summed E-state index contributed by atoms with van der Waals surface area (Å²) >= 11 is 0. The molecule has 0 spiro atoms. The minimum absolute atomic E-state index is 0.415. The van der Waals surface area contributed by atoms with Gasteiger partial charge in [0.05, 0.1) is 7.11 Å². The van der Waals surface area contributed by atoms with Crippen LogP contribution in [0, 0.1) is 5.41 Å². The number of amidine groups is 1. The fraction of sp³-hybridized carbons (Fsp3) is 0.900. The van der Waals surface area contributed by atoms with Crippen LogP contribution in [0.15, 0.2) is 4.99 Å². The molecule has 0 aromatic carbocycles. The van der Waals surface area contributed by atoms with Gasteiger partial charge in [-0.25, -0.2) is 0 Å². The molecule has 0 aliphatic rings. The van der Waals surface area contributed by atoms with Crippen LogP contribution >= 0.6 is 0 Å². The second-order valence-electron chi connectivity index (χ2n) is 4.44. The van der Waals surface area contributed by atoms with E-state index in [-0.39, 0.29) is 0 Å². The largest absolute Gasteiger partial charge is 0.278 e. The van der Waals surface area contributed by atoms with Crippen molar-refractivity contribution >= 4 is 5.84 Å². The Kier molecular flexibility index (Phi) is 5.71. The minimum atomic E-state index is 0.415. The van der Waals surface area contributed by atoms with E-state index in [9.17, 15) is 0 Å². The van der Waals surface area contributed by atoms with Crippen LogP contribution in [0.1, 0.15) is 40.5 Å². The normalized spacial score (nSPS) is 13.2. The van der Waals surface area contributed by atoms with Gasteiger partial charge in [0, 0.05) is 6.54 Å². The average Bonchev–Trinajstić information content (AvgIpc) is 1.97. The van der Waals surface area contributed by atoms with Crippen molar-refractivity contribution in [1.82, 2.24) is 5.48 Å². The highest BCUT2D eigenvalue weighted by atomic mass is 16.6. The first-order valence-electron chi connectivity index (χ1n) is 4.76. The van der Waals surface area contributed by atoms with Crippen LogP contribution in [0.5, 0.6) is 0 Å². The molecule has 1 N–H and O–H groups in total. The lowest BCUT2D eigenvalue weighted by Gasteiger charge is -2.16. The van der Waals surface area contributed by atoms with E-state index in [0.29, 0.717) is 5.41 Å². The third kappa shape index (κ3) is 9.34. The SMILES string of the molecule is CONC(C)=NCCCC(C)(C)C. The summed E-state index contributed by atoms with van der Waals surface area (Å²) in [6.45, 7) is 9.52. The molecule has 0 aromatic rings. The second-order valence-corrected chi connectivity index (χ2v) is 4.44. The van der Waals surface area contributed by atoms with E-state index in [4.69, 9.17) is 4.84 Å². The Morgan fingerprint density at radius 3 is 2.46 bits per heavy atom. The van der Waals surface area contributed by atoms with Crippen LogP contribution in [-0.4, -0.2) is 19.5 Å². The molecule has 0 bridgehead atoms. The first-order valence-corrected chi connectivity index (χ1v) is 4.76. The molecular weight excluding hydrogens is 164 g/mol. The van der Waals surface area contributed by atoms with E-state index in [1.54, 1.807) is 7.11 Å². The highest BCUT2D eigenvalue weighted by Gasteiger charge is 2.08. The molecule has 0 radical (unpaired) electrons. The summed E-state index contributed by atoms with van der Waals surface area (Å²) < 4.78 is 0. The first-order chi connectivity index (χ1) is 5.95. The molecule has 0 atom stereocenters. The van der Waals surface area contributed by atoms with Crippen LogP contribution in [0.4, 0.5) is 0 Å². The Hall–Kier alpha value is -0.570. The third-order valence-electron chi connectivity index (χ3n) is 1.68. The van der Waals surface area contributed by atoms with E-state index >= 15 is 0 Å². The number of hydrogen-bond donors (Lipinski definition) is 1. The van der Waals surface area contributed by atoms with Crippen molar-refractivity contribution in [3.05, 3.63) is 0 Å². The molecule has 0 rings (SSSR count). The van der Waals surface area contributed by atoms with Crippen molar-refractivity contribution < 1.29 is 4.84 Å². The predicted octanol–water partition coefficient (Wildman–Crippen LogP) is 2.38. The topological polar surface area (TPSA) is 33.6 Å². The summed E-state index contributed by atoms with van der Waals surface area (Å²) in [6, 6.07) is 0. The summed E-state index contributed by atoms with van der Waals surface area (Å²) in [7, 11) is 1.59. The summed E-state index contributed by atoms with van der Waals surface area (Å²) in [5.41, 5.74) is 3.11. The Morgan fingerprint density at radius 1 is 1.38 bits per heavy atom. The average molecular weight is 186 g/mol. The van der Waals surface area contributed by atoms with Crippen LogP contribution in [0.3, 0.4) is 0 Å². The monoisotopic (exact) mass is 186 g/mol. The molecule has 3 heteroatoms.